The van der Waals surface area contributed by atoms with Gasteiger partial charge < -0.3 is 20.4 Å². The second-order valence-corrected chi connectivity index (χ2v) is 5.99. The average Bonchev–Trinajstić information content (AvgIpc) is 2.59. The van der Waals surface area contributed by atoms with E-state index in [0.717, 1.165) is 39.0 Å². The molecule has 1 unspecified atom stereocenters. The maximum Gasteiger partial charge on any atom is 0.226 e. The Labute approximate surface area is 116 Å². The molecule has 1 atom stereocenters. The van der Waals surface area contributed by atoms with E-state index in [1.54, 1.807) is 0 Å². The standard InChI is InChI=1S/C14H29N3O2/c1-3-12(2)16-9-4-13(5-10-16)17-11-8-15-7-6-14(17,18)19/h12-13,15,18-19H,3-11H2,1-2H3. The normalized spacial score (nSPS) is 29.1. The van der Waals surface area contributed by atoms with Gasteiger partial charge in [-0.3, -0.25) is 0 Å². The molecule has 0 radical (unpaired) electrons. The zero-order valence-electron chi connectivity index (χ0n) is 12.3. The molecule has 0 spiro atoms. The molecule has 112 valence electrons. The second kappa shape index (κ2) is 6.50. The van der Waals surface area contributed by atoms with Crippen molar-refractivity contribution in [3.8, 4) is 0 Å². The highest BCUT2D eigenvalue weighted by molar-refractivity contribution is 4.86. The minimum absolute atomic E-state index is 0.301. The maximum absolute atomic E-state index is 10.2. The van der Waals surface area contributed by atoms with Crippen LogP contribution in [0.2, 0.25) is 0 Å². The number of hydrogen-bond acceptors (Lipinski definition) is 5. The smallest absolute Gasteiger partial charge is 0.226 e. The number of piperidine rings is 1. The van der Waals surface area contributed by atoms with Crippen molar-refractivity contribution in [3.05, 3.63) is 0 Å². The number of nitrogens with zero attached hydrogens (tertiary/aromatic N) is 2. The first-order valence-electron chi connectivity index (χ1n) is 7.71. The van der Waals surface area contributed by atoms with Gasteiger partial charge in [-0.15, -0.1) is 0 Å². The molecule has 2 aliphatic heterocycles. The van der Waals surface area contributed by atoms with Crippen LogP contribution in [0.25, 0.3) is 0 Å². The Hall–Kier alpha value is -0.200. The Morgan fingerprint density at radius 3 is 2.53 bits per heavy atom. The number of aliphatic hydroxyl groups is 2. The molecule has 19 heavy (non-hydrogen) atoms. The molecule has 2 saturated heterocycles. The summed E-state index contributed by atoms with van der Waals surface area (Å²) >= 11 is 0. The van der Waals surface area contributed by atoms with Crippen molar-refractivity contribution in [2.45, 2.75) is 57.5 Å². The first-order chi connectivity index (χ1) is 9.04. The van der Waals surface area contributed by atoms with E-state index in [4.69, 9.17) is 0 Å². The minimum Gasteiger partial charge on any atom is -0.353 e. The first kappa shape index (κ1) is 15.2. The summed E-state index contributed by atoms with van der Waals surface area (Å²) in [6, 6.07) is 0.940. The summed E-state index contributed by atoms with van der Waals surface area (Å²) in [6.07, 6.45) is 3.64. The molecule has 0 aliphatic carbocycles. The molecule has 0 bridgehead atoms. The summed E-state index contributed by atoms with van der Waals surface area (Å²) in [4.78, 5) is 4.42. The Balaban J connectivity index is 1.92. The molecule has 2 fully saturated rings. The van der Waals surface area contributed by atoms with E-state index in [9.17, 15) is 10.2 Å². The molecular formula is C14H29N3O2. The zero-order chi connectivity index (χ0) is 13.9. The number of rotatable bonds is 3. The Kier molecular flexibility index (Phi) is 5.20. The number of hydrogen-bond donors (Lipinski definition) is 3. The van der Waals surface area contributed by atoms with Crippen molar-refractivity contribution in [2.24, 2.45) is 0 Å². The van der Waals surface area contributed by atoms with E-state index >= 15 is 0 Å². The predicted octanol–water partition coefficient (Wildman–Crippen LogP) is 0.183. The minimum atomic E-state index is -1.63. The quantitative estimate of drug-likeness (QED) is 0.640. The van der Waals surface area contributed by atoms with E-state index < -0.39 is 5.91 Å². The van der Waals surface area contributed by atoms with Crippen LogP contribution in [0.5, 0.6) is 0 Å². The molecule has 5 heteroatoms. The molecule has 0 saturated carbocycles. The Morgan fingerprint density at radius 2 is 1.89 bits per heavy atom. The summed E-state index contributed by atoms with van der Waals surface area (Å²) in [5, 5.41) is 23.7. The Morgan fingerprint density at radius 1 is 1.21 bits per heavy atom. The van der Waals surface area contributed by atoms with Crippen LogP contribution < -0.4 is 5.32 Å². The van der Waals surface area contributed by atoms with E-state index in [1.807, 2.05) is 4.90 Å². The van der Waals surface area contributed by atoms with E-state index in [2.05, 4.69) is 24.1 Å². The van der Waals surface area contributed by atoms with Crippen LogP contribution in [-0.4, -0.2) is 70.7 Å². The summed E-state index contributed by atoms with van der Waals surface area (Å²) in [6.45, 7) is 8.88. The summed E-state index contributed by atoms with van der Waals surface area (Å²) in [5.41, 5.74) is 0. The fourth-order valence-electron chi connectivity index (χ4n) is 3.27. The largest absolute Gasteiger partial charge is 0.353 e. The molecule has 0 aromatic heterocycles. The van der Waals surface area contributed by atoms with Gasteiger partial charge >= 0.3 is 0 Å². The fourth-order valence-corrected chi connectivity index (χ4v) is 3.27. The van der Waals surface area contributed by atoms with E-state index in [1.165, 1.54) is 6.42 Å². The zero-order valence-corrected chi connectivity index (χ0v) is 12.3. The lowest BCUT2D eigenvalue weighted by Crippen LogP contribution is -2.57. The monoisotopic (exact) mass is 271 g/mol. The van der Waals surface area contributed by atoms with Crippen LogP contribution in [0.3, 0.4) is 0 Å². The van der Waals surface area contributed by atoms with Gasteiger partial charge in [-0.05, 0) is 39.3 Å². The topological polar surface area (TPSA) is 59.0 Å². The second-order valence-electron chi connectivity index (χ2n) is 5.99. The lowest BCUT2D eigenvalue weighted by molar-refractivity contribution is -0.276. The first-order valence-corrected chi connectivity index (χ1v) is 7.71. The van der Waals surface area contributed by atoms with Crippen molar-refractivity contribution in [1.82, 2.24) is 15.1 Å². The van der Waals surface area contributed by atoms with Gasteiger partial charge in [0.2, 0.25) is 5.91 Å². The van der Waals surface area contributed by atoms with Crippen LogP contribution in [0.15, 0.2) is 0 Å². The van der Waals surface area contributed by atoms with Gasteiger partial charge in [0.05, 0.1) is 0 Å². The van der Waals surface area contributed by atoms with Gasteiger partial charge in [-0.2, -0.15) is 0 Å². The van der Waals surface area contributed by atoms with Gasteiger partial charge in [-0.25, -0.2) is 4.90 Å². The van der Waals surface area contributed by atoms with Gasteiger partial charge in [0.1, 0.15) is 0 Å². The van der Waals surface area contributed by atoms with E-state index in [0.29, 0.717) is 25.0 Å². The third kappa shape index (κ3) is 3.67. The van der Waals surface area contributed by atoms with E-state index in [-0.39, 0.29) is 0 Å². The number of likely N-dealkylation sites (tertiary alicyclic amines) is 1. The van der Waals surface area contributed by atoms with Crippen molar-refractivity contribution >= 4 is 0 Å². The van der Waals surface area contributed by atoms with Gasteiger partial charge in [-0.1, -0.05) is 6.92 Å². The average molecular weight is 271 g/mol. The van der Waals surface area contributed by atoms with Crippen LogP contribution in [0.1, 0.15) is 39.5 Å². The van der Waals surface area contributed by atoms with Crippen molar-refractivity contribution in [2.75, 3.05) is 32.7 Å². The molecule has 2 rings (SSSR count). The van der Waals surface area contributed by atoms with Crippen LogP contribution in [0.4, 0.5) is 0 Å². The van der Waals surface area contributed by atoms with Crippen LogP contribution >= 0.6 is 0 Å². The highest BCUT2D eigenvalue weighted by Crippen LogP contribution is 2.25. The molecule has 3 N–H and O–H groups in total. The highest BCUT2D eigenvalue weighted by Gasteiger charge is 2.39. The molecule has 0 aromatic carbocycles. The van der Waals surface area contributed by atoms with Crippen LogP contribution in [0, 0.1) is 0 Å². The molecule has 5 nitrogen and oxygen atoms in total. The molecule has 2 aliphatic rings. The van der Waals surface area contributed by atoms with Gasteiger partial charge in [0.25, 0.3) is 0 Å². The lowest BCUT2D eigenvalue weighted by atomic mass is 10.00. The molecular weight excluding hydrogens is 242 g/mol. The Bertz CT molecular complexity index is 278. The van der Waals surface area contributed by atoms with Gasteiger partial charge in [0, 0.05) is 38.1 Å². The maximum atomic E-state index is 10.2. The SMILES string of the molecule is CCC(C)N1CCC(N2CCNCCC2(O)O)CC1. The number of nitrogens with one attached hydrogen (secondary N) is 1. The summed E-state index contributed by atoms with van der Waals surface area (Å²) < 4.78 is 0. The third-order valence-electron chi connectivity index (χ3n) is 4.78. The summed E-state index contributed by atoms with van der Waals surface area (Å²) in [7, 11) is 0. The molecule has 2 heterocycles. The van der Waals surface area contributed by atoms with Gasteiger partial charge in [0.15, 0.2) is 0 Å². The van der Waals surface area contributed by atoms with Crippen molar-refractivity contribution in [3.63, 3.8) is 0 Å². The summed E-state index contributed by atoms with van der Waals surface area (Å²) in [5.74, 6) is -1.63. The van der Waals surface area contributed by atoms with Crippen molar-refractivity contribution in [1.29, 1.82) is 0 Å². The predicted molar refractivity (Wildman–Crippen MR) is 75.7 cm³/mol. The molecule has 0 amide bonds. The highest BCUT2D eigenvalue weighted by atomic mass is 16.5. The molecule has 0 aromatic rings. The van der Waals surface area contributed by atoms with Crippen LogP contribution in [-0.2, 0) is 0 Å². The van der Waals surface area contributed by atoms with Crippen molar-refractivity contribution < 1.29 is 10.2 Å². The lowest BCUT2D eigenvalue weighted by Gasteiger charge is -2.44. The fraction of sp³-hybridized carbons (Fsp3) is 1.00. The third-order valence-corrected chi connectivity index (χ3v) is 4.78.